The molecular weight excluding hydrogens is 226 g/mol. The lowest BCUT2D eigenvalue weighted by Gasteiger charge is -2.22. The van der Waals surface area contributed by atoms with E-state index in [1.165, 1.54) is 6.42 Å². The lowest BCUT2D eigenvalue weighted by Crippen LogP contribution is -2.35. The maximum atomic E-state index is 5.30. The summed E-state index contributed by atoms with van der Waals surface area (Å²) >= 11 is 0. The van der Waals surface area contributed by atoms with Crippen LogP contribution in [-0.4, -0.2) is 42.7 Å². The first-order valence-corrected chi connectivity index (χ1v) is 6.64. The number of hydrogen-bond acceptors (Lipinski definition) is 4. The van der Waals surface area contributed by atoms with Crippen molar-refractivity contribution in [2.24, 2.45) is 0 Å². The van der Waals surface area contributed by atoms with Crippen molar-refractivity contribution in [2.45, 2.75) is 32.9 Å². The van der Waals surface area contributed by atoms with Gasteiger partial charge in [0, 0.05) is 37.0 Å². The van der Waals surface area contributed by atoms with Gasteiger partial charge in [0.15, 0.2) is 0 Å². The Balaban J connectivity index is 2.05. The van der Waals surface area contributed by atoms with E-state index in [0.717, 1.165) is 43.3 Å². The average Bonchev–Trinajstić information content (AvgIpc) is 2.52. The number of nitrogens with zero attached hydrogens (tertiary/aromatic N) is 2. The molecule has 0 radical (unpaired) electrons. The monoisotopic (exact) mass is 249 g/mol. The van der Waals surface area contributed by atoms with E-state index < -0.39 is 0 Å². The summed E-state index contributed by atoms with van der Waals surface area (Å²) in [6, 6.07) is 4.56. The van der Waals surface area contributed by atoms with Crippen LogP contribution in [0.15, 0.2) is 12.1 Å². The molecule has 4 heteroatoms. The maximum Gasteiger partial charge on any atom is 0.122 e. The highest BCUT2D eigenvalue weighted by Crippen LogP contribution is 2.15. The molecule has 1 N–H and O–H groups in total. The number of pyridine rings is 1. The van der Waals surface area contributed by atoms with Gasteiger partial charge in [-0.25, -0.2) is 0 Å². The van der Waals surface area contributed by atoms with Crippen molar-refractivity contribution < 1.29 is 4.74 Å². The Morgan fingerprint density at radius 2 is 2.33 bits per heavy atom. The van der Waals surface area contributed by atoms with E-state index in [9.17, 15) is 0 Å². The first-order valence-electron chi connectivity index (χ1n) is 6.64. The van der Waals surface area contributed by atoms with Crippen LogP contribution in [0.25, 0.3) is 0 Å². The fraction of sp³-hybridized carbons (Fsp3) is 0.643. The van der Waals surface area contributed by atoms with Gasteiger partial charge in [0.25, 0.3) is 0 Å². The fourth-order valence-corrected chi connectivity index (χ4v) is 2.47. The van der Waals surface area contributed by atoms with Crippen LogP contribution in [0.5, 0.6) is 5.75 Å². The van der Waals surface area contributed by atoms with Crippen LogP contribution in [0.1, 0.15) is 24.7 Å². The third-order valence-corrected chi connectivity index (χ3v) is 3.28. The molecule has 0 bridgehead atoms. The molecule has 0 amide bonds. The summed E-state index contributed by atoms with van der Waals surface area (Å²) in [7, 11) is 1.70. The van der Waals surface area contributed by atoms with Gasteiger partial charge in [0.2, 0.25) is 0 Å². The molecule has 2 heterocycles. The second kappa shape index (κ2) is 6.16. The van der Waals surface area contributed by atoms with E-state index in [0.29, 0.717) is 6.04 Å². The summed E-state index contributed by atoms with van der Waals surface area (Å²) in [5.74, 6) is 0.901. The summed E-state index contributed by atoms with van der Waals surface area (Å²) in [6.07, 6.45) is 1.20. The van der Waals surface area contributed by atoms with Gasteiger partial charge in [-0.05, 0) is 33.4 Å². The Morgan fingerprint density at radius 3 is 3.11 bits per heavy atom. The molecule has 4 nitrogen and oxygen atoms in total. The third kappa shape index (κ3) is 3.68. The van der Waals surface area contributed by atoms with Crippen molar-refractivity contribution in [1.82, 2.24) is 15.2 Å². The molecule has 2 rings (SSSR count). The Kier molecular flexibility index (Phi) is 4.55. The smallest absolute Gasteiger partial charge is 0.122 e. The summed E-state index contributed by atoms with van der Waals surface area (Å²) in [4.78, 5) is 7.05. The minimum atomic E-state index is 0.555. The molecule has 0 spiro atoms. The highest BCUT2D eigenvalue weighted by atomic mass is 16.5. The zero-order valence-corrected chi connectivity index (χ0v) is 11.6. The highest BCUT2D eigenvalue weighted by Gasteiger charge is 2.15. The number of ether oxygens (including phenoxy) is 1. The van der Waals surface area contributed by atoms with Crippen molar-refractivity contribution in [2.75, 3.05) is 26.7 Å². The van der Waals surface area contributed by atoms with Gasteiger partial charge >= 0.3 is 0 Å². The molecule has 1 aromatic rings. The first kappa shape index (κ1) is 13.3. The zero-order chi connectivity index (χ0) is 13.0. The predicted molar refractivity (Wildman–Crippen MR) is 72.9 cm³/mol. The molecule has 18 heavy (non-hydrogen) atoms. The van der Waals surface area contributed by atoms with Crippen molar-refractivity contribution in [3.8, 4) is 5.75 Å². The van der Waals surface area contributed by atoms with Crippen LogP contribution in [0.3, 0.4) is 0 Å². The van der Waals surface area contributed by atoms with Gasteiger partial charge in [-0.15, -0.1) is 0 Å². The summed E-state index contributed by atoms with van der Waals surface area (Å²) in [5, 5.41) is 3.51. The van der Waals surface area contributed by atoms with E-state index in [1.807, 2.05) is 19.1 Å². The van der Waals surface area contributed by atoms with Gasteiger partial charge in [-0.3, -0.25) is 9.88 Å². The molecule has 1 unspecified atom stereocenters. The minimum absolute atomic E-state index is 0.555. The Labute approximate surface area is 109 Å². The van der Waals surface area contributed by atoms with Gasteiger partial charge in [-0.1, -0.05) is 0 Å². The summed E-state index contributed by atoms with van der Waals surface area (Å²) in [5.41, 5.74) is 2.12. The molecule has 1 aliphatic heterocycles. The molecule has 1 saturated heterocycles. The van der Waals surface area contributed by atoms with Crippen LogP contribution < -0.4 is 10.1 Å². The standard InChI is InChI=1S/C14H23N3O/c1-11-7-14(18-3)8-13(16-11)10-17-6-4-5-15-12(2)9-17/h7-8,12,15H,4-6,9-10H2,1-3H3. The van der Waals surface area contributed by atoms with Crippen molar-refractivity contribution in [3.05, 3.63) is 23.5 Å². The van der Waals surface area contributed by atoms with Crippen molar-refractivity contribution in [1.29, 1.82) is 0 Å². The first-order chi connectivity index (χ1) is 8.67. The average molecular weight is 249 g/mol. The summed E-state index contributed by atoms with van der Waals surface area (Å²) in [6.45, 7) is 8.49. The van der Waals surface area contributed by atoms with E-state index >= 15 is 0 Å². The minimum Gasteiger partial charge on any atom is -0.497 e. The quantitative estimate of drug-likeness (QED) is 0.882. The van der Waals surface area contributed by atoms with E-state index in [2.05, 4.69) is 22.1 Å². The molecule has 100 valence electrons. The number of rotatable bonds is 3. The Bertz CT molecular complexity index is 395. The molecule has 1 atom stereocenters. The topological polar surface area (TPSA) is 37.4 Å². The van der Waals surface area contributed by atoms with Crippen LogP contribution >= 0.6 is 0 Å². The second-order valence-electron chi connectivity index (χ2n) is 5.08. The SMILES string of the molecule is COc1cc(C)nc(CN2CCCNC(C)C2)c1. The van der Waals surface area contributed by atoms with Crippen molar-refractivity contribution in [3.63, 3.8) is 0 Å². The van der Waals surface area contributed by atoms with E-state index in [-0.39, 0.29) is 0 Å². The normalized spacial score (nSPS) is 21.6. The number of hydrogen-bond donors (Lipinski definition) is 1. The number of methoxy groups -OCH3 is 1. The predicted octanol–water partition coefficient (Wildman–Crippen LogP) is 1.58. The Hall–Kier alpha value is -1.13. The lowest BCUT2D eigenvalue weighted by molar-refractivity contribution is 0.261. The van der Waals surface area contributed by atoms with Crippen LogP contribution in [0, 0.1) is 6.92 Å². The highest BCUT2D eigenvalue weighted by molar-refractivity contribution is 5.26. The fourth-order valence-electron chi connectivity index (χ4n) is 2.47. The largest absolute Gasteiger partial charge is 0.497 e. The van der Waals surface area contributed by atoms with Gasteiger partial charge in [-0.2, -0.15) is 0 Å². The number of nitrogens with one attached hydrogen (secondary N) is 1. The second-order valence-corrected chi connectivity index (χ2v) is 5.08. The number of aromatic nitrogens is 1. The third-order valence-electron chi connectivity index (χ3n) is 3.28. The zero-order valence-electron chi connectivity index (χ0n) is 11.6. The Morgan fingerprint density at radius 1 is 1.50 bits per heavy atom. The van der Waals surface area contributed by atoms with Crippen molar-refractivity contribution >= 4 is 0 Å². The van der Waals surface area contributed by atoms with Crippen LogP contribution in [0.2, 0.25) is 0 Å². The van der Waals surface area contributed by atoms with Gasteiger partial charge in [0.05, 0.1) is 12.8 Å². The number of aryl methyl sites for hydroxylation is 1. The molecule has 1 aliphatic rings. The molecule has 0 aliphatic carbocycles. The lowest BCUT2D eigenvalue weighted by atomic mass is 10.2. The molecule has 1 aromatic heterocycles. The van der Waals surface area contributed by atoms with Gasteiger partial charge in [0.1, 0.15) is 5.75 Å². The van der Waals surface area contributed by atoms with E-state index in [1.54, 1.807) is 7.11 Å². The van der Waals surface area contributed by atoms with Crippen LogP contribution in [0.4, 0.5) is 0 Å². The summed E-state index contributed by atoms with van der Waals surface area (Å²) < 4.78 is 5.30. The molecule has 1 fully saturated rings. The van der Waals surface area contributed by atoms with Crippen LogP contribution in [-0.2, 0) is 6.54 Å². The van der Waals surface area contributed by atoms with Gasteiger partial charge < -0.3 is 10.1 Å². The maximum absolute atomic E-state index is 5.30. The molecular formula is C14H23N3O. The molecule has 0 saturated carbocycles. The van der Waals surface area contributed by atoms with E-state index in [4.69, 9.17) is 4.74 Å². The molecule has 0 aromatic carbocycles.